The smallest absolute Gasteiger partial charge is 0.292 e. The summed E-state index contributed by atoms with van der Waals surface area (Å²) in [5.74, 6) is -0.685. The van der Waals surface area contributed by atoms with E-state index in [9.17, 15) is 24.5 Å². The molecule has 1 aliphatic rings. The minimum atomic E-state index is -4.97. The molecular weight excluding hydrogens is 319 g/mol. The van der Waals surface area contributed by atoms with Crippen molar-refractivity contribution in [2.24, 2.45) is 5.73 Å². The molecule has 22 heavy (non-hydrogen) atoms. The maximum atomic E-state index is 11.1. The van der Waals surface area contributed by atoms with Crippen LogP contribution in [0.5, 0.6) is 0 Å². The first kappa shape index (κ1) is 17.0. The van der Waals surface area contributed by atoms with Crippen molar-refractivity contribution in [3.8, 4) is 0 Å². The molecule has 10 nitrogen and oxygen atoms in total. The third-order valence-electron chi connectivity index (χ3n) is 3.14. The summed E-state index contributed by atoms with van der Waals surface area (Å²) in [6, 6.07) is 2.95. The molecule has 1 amide bonds. The molecule has 0 radical (unpaired) electrons. The second kappa shape index (κ2) is 6.39. The first-order valence-corrected chi connectivity index (χ1v) is 7.69. The van der Waals surface area contributed by atoms with Crippen molar-refractivity contribution < 1.29 is 43.2 Å². The number of nitrogens with zero attached hydrogens (tertiary/aromatic N) is 1. The lowest BCUT2D eigenvalue weighted by molar-refractivity contribution is -0.765. The van der Waals surface area contributed by atoms with Crippen molar-refractivity contribution in [1.82, 2.24) is 0 Å². The Morgan fingerprint density at radius 1 is 1.50 bits per heavy atom. The fraction of sp³-hybridized carbons (Fsp3) is 0.455. The Balaban J connectivity index is 2.14. The number of amides is 1. The van der Waals surface area contributed by atoms with Gasteiger partial charge in [0.25, 0.3) is 20.0 Å². The van der Waals surface area contributed by atoms with Crippen molar-refractivity contribution >= 4 is 13.7 Å². The highest BCUT2D eigenvalue weighted by Gasteiger charge is 2.48. The number of phosphoric acid groups is 1. The second-order valence-corrected chi connectivity index (χ2v) is 5.91. The summed E-state index contributed by atoms with van der Waals surface area (Å²) in [7, 11) is -4.97. The number of hydrogen-bond acceptors (Lipinski definition) is 7. The number of primary amides is 1. The van der Waals surface area contributed by atoms with Crippen LogP contribution in [0.1, 0.15) is 16.6 Å². The summed E-state index contributed by atoms with van der Waals surface area (Å²) in [6.45, 7) is -0.665. The predicted molar refractivity (Wildman–Crippen MR) is 66.9 cm³/mol. The molecule has 1 aromatic heterocycles. The van der Waals surface area contributed by atoms with Gasteiger partial charge >= 0.3 is 0 Å². The topological polar surface area (TPSA) is 166 Å². The van der Waals surface area contributed by atoms with Gasteiger partial charge in [0.15, 0.2) is 18.5 Å². The molecule has 5 atom stereocenters. The summed E-state index contributed by atoms with van der Waals surface area (Å²) in [5, 5.41) is 19.8. The number of ether oxygens (including phenoxy) is 1. The number of aliphatic hydroxyl groups is 2. The molecule has 0 aromatic carbocycles. The lowest BCUT2D eigenvalue weighted by atomic mass is 10.1. The number of carbonyl (C=O) groups excluding carboxylic acids is 1. The van der Waals surface area contributed by atoms with E-state index in [4.69, 9.17) is 15.4 Å². The van der Waals surface area contributed by atoms with E-state index < -0.39 is 44.9 Å². The van der Waals surface area contributed by atoms with Crippen molar-refractivity contribution in [3.63, 3.8) is 0 Å². The molecule has 1 unspecified atom stereocenters. The van der Waals surface area contributed by atoms with Crippen LogP contribution in [0, 0.1) is 0 Å². The minimum Gasteiger partial charge on any atom is -0.756 e. The molecule has 5 N–H and O–H groups in total. The van der Waals surface area contributed by atoms with Crippen LogP contribution < -0.4 is 15.2 Å². The van der Waals surface area contributed by atoms with Gasteiger partial charge < -0.3 is 35.0 Å². The quantitative estimate of drug-likeness (QED) is 0.330. The maximum absolute atomic E-state index is 11.1. The van der Waals surface area contributed by atoms with Crippen LogP contribution in [0.2, 0.25) is 0 Å². The van der Waals surface area contributed by atoms with Gasteiger partial charge in [0.1, 0.15) is 17.8 Å². The van der Waals surface area contributed by atoms with Gasteiger partial charge in [-0.3, -0.25) is 9.36 Å². The Morgan fingerprint density at radius 3 is 2.77 bits per heavy atom. The van der Waals surface area contributed by atoms with Crippen LogP contribution in [0.25, 0.3) is 0 Å². The molecule has 122 valence electrons. The highest BCUT2D eigenvalue weighted by molar-refractivity contribution is 7.44. The molecule has 0 saturated carbocycles. The van der Waals surface area contributed by atoms with Crippen molar-refractivity contribution in [1.29, 1.82) is 0 Å². The van der Waals surface area contributed by atoms with E-state index in [1.807, 2.05) is 0 Å². The van der Waals surface area contributed by atoms with Gasteiger partial charge in [-0.15, -0.1) is 0 Å². The van der Waals surface area contributed by atoms with E-state index >= 15 is 0 Å². The van der Waals surface area contributed by atoms with Crippen LogP contribution in [-0.2, 0) is 13.8 Å². The minimum absolute atomic E-state index is 0.159. The van der Waals surface area contributed by atoms with Crippen LogP contribution in [0.15, 0.2) is 24.5 Å². The highest BCUT2D eigenvalue weighted by Crippen LogP contribution is 2.33. The third kappa shape index (κ3) is 3.87. The molecule has 0 bridgehead atoms. The first-order valence-electron chi connectivity index (χ1n) is 6.19. The fourth-order valence-corrected chi connectivity index (χ4v) is 2.41. The zero-order valence-electron chi connectivity index (χ0n) is 11.2. The largest absolute Gasteiger partial charge is 0.756 e. The number of phosphoric ester groups is 1. The molecule has 2 heterocycles. The summed E-state index contributed by atoms with van der Waals surface area (Å²) >= 11 is 0. The molecule has 2 rings (SSSR count). The number of aliphatic hydroxyl groups excluding tert-OH is 2. The number of nitrogens with two attached hydrogens (primary N) is 1. The fourth-order valence-electron chi connectivity index (χ4n) is 2.08. The van der Waals surface area contributed by atoms with Gasteiger partial charge in [0.2, 0.25) is 0 Å². The van der Waals surface area contributed by atoms with Gasteiger partial charge in [-0.25, -0.2) is 0 Å². The number of carbonyl (C=O) groups is 1. The predicted octanol–water partition coefficient (Wildman–Crippen LogP) is -2.83. The Kier molecular flexibility index (Phi) is 4.93. The Hall–Kier alpha value is -1.39. The van der Waals surface area contributed by atoms with Crippen molar-refractivity contribution in [2.75, 3.05) is 6.61 Å². The summed E-state index contributed by atoms with van der Waals surface area (Å²) in [6.07, 6.45) is -2.31. The average Bonchev–Trinajstić information content (AvgIpc) is 2.72. The van der Waals surface area contributed by atoms with Gasteiger partial charge in [-0.2, -0.15) is 4.57 Å². The monoisotopic (exact) mass is 334 g/mol. The standard InChI is InChI=1S/C11H15N2O8P/c12-10(16)6-2-1-3-13(4-6)11-9(15)8(14)7(21-11)5-20-22(17,18)19/h1-4,7-9,11,14-15H,5H2,(H3-,12,16,17,18,19)/t7-,8-,9+,11+/m0/s1. The first-order chi connectivity index (χ1) is 10.2. The lowest BCUT2D eigenvalue weighted by Crippen LogP contribution is -2.46. The lowest BCUT2D eigenvalue weighted by Gasteiger charge is -2.19. The Labute approximate surface area is 124 Å². The molecule has 1 fully saturated rings. The normalized spacial score (nSPS) is 30.9. The van der Waals surface area contributed by atoms with Crippen molar-refractivity contribution in [2.45, 2.75) is 24.5 Å². The number of rotatable bonds is 5. The highest BCUT2D eigenvalue weighted by atomic mass is 31.2. The van der Waals surface area contributed by atoms with Crippen LogP contribution in [0.3, 0.4) is 0 Å². The van der Waals surface area contributed by atoms with E-state index in [-0.39, 0.29) is 5.56 Å². The maximum Gasteiger partial charge on any atom is 0.292 e. The van der Waals surface area contributed by atoms with E-state index in [0.29, 0.717) is 0 Å². The van der Waals surface area contributed by atoms with Gasteiger partial charge in [-0.1, -0.05) is 0 Å². The van der Waals surface area contributed by atoms with E-state index in [1.54, 1.807) is 0 Å². The molecule has 1 aromatic rings. The zero-order valence-corrected chi connectivity index (χ0v) is 12.1. The SMILES string of the molecule is NC(=O)c1ccc[n+]([C@@H]2O[C@@H](COP(=O)([O-])O)[C@H](O)[C@H]2O)c1. The Bertz CT molecular complexity index is 606. The van der Waals surface area contributed by atoms with E-state index in [0.717, 1.165) is 0 Å². The summed E-state index contributed by atoms with van der Waals surface area (Å²) in [4.78, 5) is 30.2. The molecule has 0 aliphatic carbocycles. The number of aromatic nitrogens is 1. The summed E-state index contributed by atoms with van der Waals surface area (Å²) in [5.41, 5.74) is 5.31. The van der Waals surface area contributed by atoms with E-state index in [1.165, 1.54) is 29.1 Å². The molecule has 0 spiro atoms. The van der Waals surface area contributed by atoms with Crippen molar-refractivity contribution in [3.05, 3.63) is 30.1 Å². The van der Waals surface area contributed by atoms with Crippen LogP contribution >= 0.6 is 7.82 Å². The van der Waals surface area contributed by atoms with Gasteiger partial charge in [0, 0.05) is 6.07 Å². The van der Waals surface area contributed by atoms with E-state index in [2.05, 4.69) is 4.52 Å². The van der Waals surface area contributed by atoms with Crippen LogP contribution in [-0.4, -0.2) is 45.9 Å². The molecular formula is C11H15N2O8P. The second-order valence-electron chi connectivity index (χ2n) is 4.71. The molecule has 1 saturated heterocycles. The van der Waals surface area contributed by atoms with Gasteiger partial charge in [-0.05, 0) is 6.07 Å². The number of hydrogen-bond donors (Lipinski definition) is 4. The van der Waals surface area contributed by atoms with Crippen LogP contribution in [0.4, 0.5) is 0 Å². The number of pyridine rings is 1. The van der Waals surface area contributed by atoms with Gasteiger partial charge in [0.05, 0.1) is 6.61 Å². The molecule has 1 aliphatic heterocycles. The summed E-state index contributed by atoms with van der Waals surface area (Å²) < 4.78 is 21.3. The Morgan fingerprint density at radius 2 is 2.18 bits per heavy atom. The average molecular weight is 334 g/mol. The molecule has 11 heteroatoms. The third-order valence-corrected chi connectivity index (χ3v) is 3.62. The zero-order chi connectivity index (χ0) is 16.5.